The van der Waals surface area contributed by atoms with Gasteiger partial charge >= 0.3 is 0 Å². The van der Waals surface area contributed by atoms with Gasteiger partial charge < -0.3 is 4.57 Å². The van der Waals surface area contributed by atoms with Crippen LogP contribution < -0.4 is 20.7 Å². The van der Waals surface area contributed by atoms with Crippen LogP contribution in [-0.2, 0) is 0 Å². The molecular weight excluding hydrogens is 853 g/mol. The molecule has 0 saturated carbocycles. The number of para-hydroxylation sites is 3. The molecule has 0 aliphatic rings. The third kappa shape index (κ3) is 6.74. The van der Waals surface area contributed by atoms with Crippen LogP contribution in [0.15, 0.2) is 267 Å². The van der Waals surface area contributed by atoms with Crippen LogP contribution in [0.5, 0.6) is 0 Å². The zero-order valence-corrected chi connectivity index (χ0v) is 38.7. The predicted octanol–water partition coefficient (Wildman–Crippen LogP) is 13.0. The molecule has 0 aliphatic heterocycles. The summed E-state index contributed by atoms with van der Waals surface area (Å²) in [6.45, 7) is 0. The first-order chi connectivity index (χ1) is 34.2. The van der Waals surface area contributed by atoms with Gasteiger partial charge in [0, 0.05) is 38.4 Å². The normalized spacial score (nSPS) is 11.8. The summed E-state index contributed by atoms with van der Waals surface area (Å²) in [5, 5.41) is 10.0. The Morgan fingerprint density at radius 3 is 1.23 bits per heavy atom. The van der Waals surface area contributed by atoms with E-state index in [1.165, 1.54) is 42.6 Å². The average Bonchev–Trinajstić information content (AvgIpc) is 3.95. The van der Waals surface area contributed by atoms with Crippen molar-refractivity contribution in [1.82, 2.24) is 19.1 Å². The molecule has 10 aromatic carbocycles. The summed E-state index contributed by atoms with van der Waals surface area (Å²) in [6.07, 6.45) is 0. The quantitative estimate of drug-likeness (QED) is 0.107. The Morgan fingerprint density at radius 1 is 0.261 bits per heavy atom. The van der Waals surface area contributed by atoms with Gasteiger partial charge in [0.2, 0.25) is 5.95 Å². The van der Waals surface area contributed by atoms with Gasteiger partial charge in [0.15, 0.2) is 8.07 Å². The molecule has 0 bridgehead atoms. The van der Waals surface area contributed by atoms with Gasteiger partial charge in [0.1, 0.15) is 0 Å². The van der Waals surface area contributed by atoms with E-state index in [1.54, 1.807) is 0 Å². The van der Waals surface area contributed by atoms with Crippen molar-refractivity contribution in [3.8, 4) is 45.3 Å². The lowest BCUT2D eigenvalue weighted by atomic mass is 10.0. The first-order valence-electron chi connectivity index (χ1n) is 23.6. The molecule has 0 unspecified atom stereocenters. The van der Waals surface area contributed by atoms with Crippen LogP contribution in [0.1, 0.15) is 0 Å². The molecule has 0 aliphatic carbocycles. The molecule has 3 heterocycles. The highest BCUT2D eigenvalue weighted by molar-refractivity contribution is 7.19. The van der Waals surface area contributed by atoms with E-state index < -0.39 is 8.07 Å². The predicted molar refractivity (Wildman–Crippen MR) is 291 cm³/mol. The van der Waals surface area contributed by atoms with E-state index in [0.29, 0.717) is 5.95 Å². The van der Waals surface area contributed by atoms with Crippen LogP contribution in [0.2, 0.25) is 0 Å². The van der Waals surface area contributed by atoms with Crippen molar-refractivity contribution in [2.45, 2.75) is 0 Å². The lowest BCUT2D eigenvalue weighted by Crippen LogP contribution is -2.74. The molecule has 0 radical (unpaired) electrons. The van der Waals surface area contributed by atoms with Crippen LogP contribution in [0.25, 0.3) is 88.9 Å². The molecule has 0 N–H and O–H groups in total. The van der Waals surface area contributed by atoms with Crippen LogP contribution in [-0.4, -0.2) is 27.2 Å². The summed E-state index contributed by atoms with van der Waals surface area (Å²) < 4.78 is 4.65. The summed E-state index contributed by atoms with van der Waals surface area (Å²) in [4.78, 5) is 11.1. The number of benzene rings is 10. The van der Waals surface area contributed by atoms with Gasteiger partial charge in [-0.2, -0.15) is 0 Å². The van der Waals surface area contributed by atoms with Gasteiger partial charge in [-0.05, 0) is 80.4 Å². The first kappa shape index (κ1) is 40.4. The topological polar surface area (TPSA) is 35.6 Å². The van der Waals surface area contributed by atoms with E-state index in [9.17, 15) is 0 Å². The number of fused-ring (bicyclic) bond motifs is 6. The van der Waals surface area contributed by atoms with Gasteiger partial charge in [-0.3, -0.25) is 4.57 Å². The molecular formula is C64H44N4Si. The molecule has 13 rings (SSSR count). The van der Waals surface area contributed by atoms with Gasteiger partial charge in [0.25, 0.3) is 0 Å². The minimum Gasteiger partial charge on any atom is -0.309 e. The van der Waals surface area contributed by atoms with Crippen molar-refractivity contribution in [2.75, 3.05) is 0 Å². The number of nitrogens with zero attached hydrogens (tertiary/aromatic N) is 4. The maximum atomic E-state index is 5.61. The largest absolute Gasteiger partial charge is 0.309 e. The highest BCUT2D eigenvalue weighted by Crippen LogP contribution is 2.38. The molecule has 0 saturated heterocycles. The first-order valence-corrected chi connectivity index (χ1v) is 25.6. The van der Waals surface area contributed by atoms with E-state index in [-0.39, 0.29) is 0 Å². The maximum absolute atomic E-state index is 5.61. The molecule has 13 aromatic rings. The molecule has 324 valence electrons. The van der Waals surface area contributed by atoms with Crippen LogP contribution in [0.4, 0.5) is 0 Å². The van der Waals surface area contributed by atoms with Gasteiger partial charge in [-0.15, -0.1) is 0 Å². The Bertz CT molecular complexity index is 3860. The lowest BCUT2D eigenvalue weighted by Gasteiger charge is -2.34. The lowest BCUT2D eigenvalue weighted by molar-refractivity contribution is 0.995. The molecule has 3 aromatic heterocycles. The smallest absolute Gasteiger partial charge is 0.235 e. The Balaban J connectivity index is 1.05. The summed E-state index contributed by atoms with van der Waals surface area (Å²) in [6, 6.07) is 96.8. The van der Waals surface area contributed by atoms with Crippen molar-refractivity contribution >= 4 is 72.4 Å². The minimum atomic E-state index is -2.84. The van der Waals surface area contributed by atoms with Gasteiger partial charge in [-0.1, -0.05) is 218 Å². The highest BCUT2D eigenvalue weighted by atomic mass is 28.3. The second kappa shape index (κ2) is 16.8. The SMILES string of the molecule is c1ccc(-c2cccc(-c3cc(-c4cccc([Si](c5ccccc5)(c5ccccc5)c5ccccc5)c4)nc(-n4c5ccccc5c5cc(-n6c7ccccc7c7ccccc76)ccc54)n3)c2)cc1. The van der Waals surface area contributed by atoms with E-state index in [2.05, 4.69) is 276 Å². The summed E-state index contributed by atoms with van der Waals surface area (Å²) in [5.74, 6) is 0.617. The molecule has 0 spiro atoms. The minimum absolute atomic E-state index is 0.617. The van der Waals surface area contributed by atoms with Gasteiger partial charge in [0.05, 0.1) is 33.5 Å². The fourth-order valence-electron chi connectivity index (χ4n) is 10.8. The molecule has 5 heteroatoms. The van der Waals surface area contributed by atoms with E-state index >= 15 is 0 Å². The zero-order valence-electron chi connectivity index (χ0n) is 37.7. The molecule has 0 amide bonds. The molecule has 4 nitrogen and oxygen atoms in total. The average molecular weight is 897 g/mol. The summed E-state index contributed by atoms with van der Waals surface area (Å²) in [7, 11) is -2.84. The van der Waals surface area contributed by atoms with Crippen molar-refractivity contribution in [2.24, 2.45) is 0 Å². The number of hydrogen-bond acceptors (Lipinski definition) is 2. The molecule has 0 atom stereocenters. The third-order valence-electron chi connectivity index (χ3n) is 13.9. The number of aromatic nitrogens is 4. The van der Waals surface area contributed by atoms with Crippen molar-refractivity contribution in [3.63, 3.8) is 0 Å². The number of hydrogen-bond donors (Lipinski definition) is 0. The molecule has 69 heavy (non-hydrogen) atoms. The Hall–Kier alpha value is -8.90. The fourth-order valence-corrected chi connectivity index (χ4v) is 15.6. The zero-order chi connectivity index (χ0) is 45.7. The van der Waals surface area contributed by atoms with Crippen LogP contribution in [0, 0.1) is 0 Å². The second-order valence-electron chi connectivity index (χ2n) is 17.7. The van der Waals surface area contributed by atoms with Crippen molar-refractivity contribution in [3.05, 3.63) is 267 Å². The third-order valence-corrected chi connectivity index (χ3v) is 18.7. The second-order valence-corrected chi connectivity index (χ2v) is 21.5. The summed E-state index contributed by atoms with van der Waals surface area (Å²) >= 11 is 0. The van der Waals surface area contributed by atoms with Crippen molar-refractivity contribution < 1.29 is 0 Å². The highest BCUT2D eigenvalue weighted by Gasteiger charge is 2.41. The van der Waals surface area contributed by atoms with Crippen LogP contribution >= 0.6 is 0 Å². The standard InChI is InChI=1S/C64H44N4Si/c1-5-21-45(22-6-1)46-23-19-24-47(41-46)58-44-59(48-25-20-32-53(42-48)69(50-26-7-2-8-27-50,51-28-9-3-10-29-51)52-30-11-4-12-31-52)66-64(65-58)68-62-38-18-15-35-56(62)57-43-49(39-40-63(57)68)67-60-36-16-13-33-54(60)55-34-14-17-37-61(55)67/h1-44H. The Kier molecular flexibility index (Phi) is 9.81. The maximum Gasteiger partial charge on any atom is 0.235 e. The van der Waals surface area contributed by atoms with Crippen LogP contribution in [0.3, 0.4) is 0 Å². The summed E-state index contributed by atoms with van der Waals surface area (Å²) in [5.41, 5.74) is 11.6. The van der Waals surface area contributed by atoms with E-state index in [4.69, 9.17) is 9.97 Å². The van der Waals surface area contributed by atoms with E-state index in [1.807, 2.05) is 0 Å². The monoisotopic (exact) mass is 896 g/mol. The number of rotatable bonds is 9. The Morgan fingerprint density at radius 2 is 0.667 bits per heavy atom. The van der Waals surface area contributed by atoms with E-state index in [0.717, 1.165) is 61.1 Å². The molecule has 0 fully saturated rings. The van der Waals surface area contributed by atoms with Gasteiger partial charge in [-0.25, -0.2) is 9.97 Å². The Labute approximate surface area is 401 Å². The fraction of sp³-hybridized carbons (Fsp3) is 0. The van der Waals surface area contributed by atoms with Crippen molar-refractivity contribution in [1.29, 1.82) is 0 Å².